The molecule has 0 aromatic rings. The van der Waals surface area contributed by atoms with E-state index in [4.69, 9.17) is 10.2 Å². The minimum absolute atomic E-state index is 0. The first-order valence-electron chi connectivity index (χ1n) is 9.46. The number of carbonyl (C=O) groups is 1. The van der Waals surface area contributed by atoms with E-state index in [0.717, 1.165) is 13.1 Å². The molecule has 0 atom stereocenters. The first-order valence-corrected chi connectivity index (χ1v) is 9.46. The molecule has 0 saturated carbocycles. The maximum absolute atomic E-state index is 10.7. The Balaban J connectivity index is 0. The van der Waals surface area contributed by atoms with Crippen molar-refractivity contribution in [3.8, 4) is 0 Å². The fraction of sp³-hybridized carbons (Fsp3) is 0.944. The van der Waals surface area contributed by atoms with Gasteiger partial charge in [0.15, 0.2) is 0 Å². The van der Waals surface area contributed by atoms with Gasteiger partial charge in [0.05, 0.1) is 13.2 Å². The van der Waals surface area contributed by atoms with Gasteiger partial charge in [-0.15, -0.1) is 0 Å². The summed E-state index contributed by atoms with van der Waals surface area (Å²) in [4.78, 5) is 12.4. The molecule has 0 aromatic carbocycles. The largest absolute Gasteiger partial charge is 0.480 e. The van der Waals surface area contributed by atoms with E-state index < -0.39 is 5.97 Å². The monoisotopic (exact) mass is 353 g/mol. The SMILES string of the molecule is CCCCCCCCCCCCNCCN(CCO)CC(=O)O.[Na]. The number of hydrogen-bond acceptors (Lipinski definition) is 4. The molecule has 0 fully saturated rings. The van der Waals surface area contributed by atoms with Gasteiger partial charge < -0.3 is 15.5 Å². The predicted molar refractivity (Wildman–Crippen MR) is 102 cm³/mol. The van der Waals surface area contributed by atoms with E-state index in [2.05, 4.69) is 12.2 Å². The molecule has 0 unspecified atom stereocenters. The van der Waals surface area contributed by atoms with E-state index in [1.54, 1.807) is 4.90 Å². The predicted octanol–water partition coefficient (Wildman–Crippen LogP) is 2.50. The minimum atomic E-state index is -0.840. The molecule has 24 heavy (non-hydrogen) atoms. The summed E-state index contributed by atoms with van der Waals surface area (Å²) in [6.07, 6.45) is 13.4. The van der Waals surface area contributed by atoms with Crippen LogP contribution in [0.1, 0.15) is 71.1 Å². The van der Waals surface area contributed by atoms with Crippen LogP contribution in [0.4, 0.5) is 0 Å². The molecule has 0 amide bonds. The number of aliphatic carboxylic acids is 1. The summed E-state index contributed by atoms with van der Waals surface area (Å²) in [5, 5.41) is 21.0. The van der Waals surface area contributed by atoms with Crippen LogP contribution >= 0.6 is 0 Å². The molecule has 0 saturated heterocycles. The molecule has 0 aliphatic heterocycles. The third kappa shape index (κ3) is 20.4. The second kappa shape index (κ2) is 21.4. The van der Waals surface area contributed by atoms with Crippen molar-refractivity contribution in [2.24, 2.45) is 0 Å². The van der Waals surface area contributed by atoms with Crippen LogP contribution in [0.5, 0.6) is 0 Å². The molecule has 0 rings (SSSR count). The van der Waals surface area contributed by atoms with Crippen molar-refractivity contribution < 1.29 is 15.0 Å². The van der Waals surface area contributed by atoms with E-state index in [-0.39, 0.29) is 42.7 Å². The maximum atomic E-state index is 10.7. The third-order valence-electron chi connectivity index (χ3n) is 4.09. The average molecular weight is 354 g/mol. The van der Waals surface area contributed by atoms with Gasteiger partial charge in [0.1, 0.15) is 0 Å². The Bertz CT molecular complexity index is 269. The number of nitrogens with zero attached hydrogens (tertiary/aromatic N) is 1. The first kappa shape index (κ1) is 26.6. The summed E-state index contributed by atoms with van der Waals surface area (Å²) in [6.45, 7) is 5.13. The van der Waals surface area contributed by atoms with Crippen molar-refractivity contribution in [3.05, 3.63) is 0 Å². The van der Waals surface area contributed by atoms with Crippen LogP contribution in [0.3, 0.4) is 0 Å². The molecule has 0 heterocycles. The van der Waals surface area contributed by atoms with E-state index >= 15 is 0 Å². The average Bonchev–Trinajstić information content (AvgIpc) is 2.51. The molecular formula is C18H38N2NaO3. The quantitative estimate of drug-likeness (QED) is 0.261. The van der Waals surface area contributed by atoms with Gasteiger partial charge in [-0.25, -0.2) is 0 Å². The molecule has 1 radical (unpaired) electrons. The van der Waals surface area contributed by atoms with Gasteiger partial charge in [0.25, 0.3) is 0 Å². The summed E-state index contributed by atoms with van der Waals surface area (Å²) in [6, 6.07) is 0. The van der Waals surface area contributed by atoms with Crippen molar-refractivity contribution in [1.29, 1.82) is 0 Å². The summed E-state index contributed by atoms with van der Waals surface area (Å²) in [7, 11) is 0. The summed E-state index contributed by atoms with van der Waals surface area (Å²) >= 11 is 0. The van der Waals surface area contributed by atoms with Crippen LogP contribution < -0.4 is 5.32 Å². The summed E-state index contributed by atoms with van der Waals surface area (Å²) in [5.74, 6) is -0.840. The van der Waals surface area contributed by atoms with Gasteiger partial charge >= 0.3 is 5.97 Å². The standard InChI is InChI=1S/C18H38N2O3.Na/c1-2-3-4-5-6-7-8-9-10-11-12-19-13-14-20(15-16-21)17-18(22)23;/h19,21H,2-17H2,1H3,(H,22,23);. The van der Waals surface area contributed by atoms with Crippen LogP contribution in [0.2, 0.25) is 0 Å². The van der Waals surface area contributed by atoms with E-state index in [1.165, 1.54) is 64.2 Å². The van der Waals surface area contributed by atoms with Crippen molar-refractivity contribution in [1.82, 2.24) is 10.2 Å². The van der Waals surface area contributed by atoms with Crippen LogP contribution in [-0.4, -0.2) is 90.0 Å². The molecule has 6 heteroatoms. The minimum Gasteiger partial charge on any atom is -0.480 e. The van der Waals surface area contributed by atoms with Gasteiger partial charge in [0.2, 0.25) is 0 Å². The molecule has 3 N–H and O–H groups in total. The van der Waals surface area contributed by atoms with Gasteiger partial charge in [-0.05, 0) is 13.0 Å². The Morgan fingerprint density at radius 2 is 1.42 bits per heavy atom. The first-order chi connectivity index (χ1) is 11.2. The Labute approximate surface area is 170 Å². The second-order valence-electron chi connectivity index (χ2n) is 6.33. The zero-order valence-corrected chi connectivity index (χ0v) is 18.1. The fourth-order valence-electron chi connectivity index (χ4n) is 2.70. The van der Waals surface area contributed by atoms with Crippen LogP contribution in [-0.2, 0) is 4.79 Å². The van der Waals surface area contributed by atoms with E-state index in [1.807, 2.05) is 0 Å². The van der Waals surface area contributed by atoms with E-state index in [0.29, 0.717) is 13.1 Å². The normalized spacial score (nSPS) is 10.8. The zero-order valence-electron chi connectivity index (χ0n) is 16.1. The molecule has 0 aliphatic carbocycles. The van der Waals surface area contributed by atoms with Gasteiger partial charge in [-0.1, -0.05) is 64.7 Å². The third-order valence-corrected chi connectivity index (χ3v) is 4.09. The van der Waals surface area contributed by atoms with Crippen molar-refractivity contribution in [3.63, 3.8) is 0 Å². The van der Waals surface area contributed by atoms with Gasteiger partial charge in [-0.2, -0.15) is 0 Å². The van der Waals surface area contributed by atoms with Crippen LogP contribution in [0.15, 0.2) is 0 Å². The molecule has 0 bridgehead atoms. The molecule has 139 valence electrons. The molecule has 5 nitrogen and oxygen atoms in total. The summed E-state index contributed by atoms with van der Waals surface area (Å²) < 4.78 is 0. The molecule has 0 aromatic heterocycles. The Hall–Kier alpha value is 0.350. The fourth-order valence-corrected chi connectivity index (χ4v) is 2.70. The van der Waals surface area contributed by atoms with Crippen LogP contribution in [0, 0.1) is 0 Å². The Kier molecular flexibility index (Phi) is 23.7. The number of hydrogen-bond donors (Lipinski definition) is 3. The van der Waals surface area contributed by atoms with Crippen molar-refractivity contribution in [2.45, 2.75) is 71.1 Å². The number of nitrogens with one attached hydrogen (secondary N) is 1. The van der Waals surface area contributed by atoms with E-state index in [9.17, 15) is 4.79 Å². The number of carboxylic acids is 1. The maximum Gasteiger partial charge on any atom is 0.317 e. The number of unbranched alkanes of at least 4 members (excludes halogenated alkanes) is 9. The zero-order chi connectivity index (χ0) is 17.2. The number of carboxylic acid groups (broad SMARTS) is 1. The van der Waals surface area contributed by atoms with Gasteiger partial charge in [0, 0.05) is 49.2 Å². The second-order valence-corrected chi connectivity index (χ2v) is 6.33. The van der Waals surface area contributed by atoms with Crippen molar-refractivity contribution in [2.75, 3.05) is 39.3 Å². The van der Waals surface area contributed by atoms with Gasteiger partial charge in [-0.3, -0.25) is 9.69 Å². The number of aliphatic hydroxyl groups excluding tert-OH is 1. The molecular weight excluding hydrogens is 315 g/mol. The molecule has 0 aliphatic rings. The number of rotatable bonds is 18. The number of aliphatic hydroxyl groups is 1. The Morgan fingerprint density at radius 3 is 1.92 bits per heavy atom. The topological polar surface area (TPSA) is 72.8 Å². The van der Waals surface area contributed by atoms with Crippen LogP contribution in [0.25, 0.3) is 0 Å². The van der Waals surface area contributed by atoms with Crippen molar-refractivity contribution >= 4 is 35.5 Å². The Morgan fingerprint density at radius 1 is 0.875 bits per heavy atom. The molecule has 0 spiro atoms. The smallest absolute Gasteiger partial charge is 0.317 e. The summed E-state index contributed by atoms with van der Waals surface area (Å²) in [5.41, 5.74) is 0.